The summed E-state index contributed by atoms with van der Waals surface area (Å²) in [5, 5.41) is 3.60. The molecule has 1 unspecified atom stereocenters. The minimum absolute atomic E-state index is 0.667. The Balaban J connectivity index is 3.83. The summed E-state index contributed by atoms with van der Waals surface area (Å²) in [5.74, 6) is 2.39. The van der Waals surface area contributed by atoms with Gasteiger partial charge in [-0.25, -0.2) is 0 Å². The van der Waals surface area contributed by atoms with Crippen LogP contribution in [0.1, 0.15) is 48.0 Å². The van der Waals surface area contributed by atoms with E-state index in [1.807, 2.05) is 0 Å². The lowest BCUT2D eigenvalue weighted by Gasteiger charge is -2.26. The number of hydrogen-bond donors (Lipinski definition) is 1. The van der Waals surface area contributed by atoms with E-state index in [-0.39, 0.29) is 0 Å². The quantitative estimate of drug-likeness (QED) is 0.669. The zero-order valence-corrected chi connectivity index (χ0v) is 10.2. The largest absolute Gasteiger partial charge is 0.314 e. The van der Waals surface area contributed by atoms with E-state index in [9.17, 15) is 0 Å². The Kier molecular flexibility index (Phi) is 6.40. The second-order valence-electron chi connectivity index (χ2n) is 4.87. The van der Waals surface area contributed by atoms with Gasteiger partial charge < -0.3 is 5.32 Å². The SMILES string of the molecule is CCC(C)NCC(C(C)C)C(C)C. The summed E-state index contributed by atoms with van der Waals surface area (Å²) in [7, 11) is 0. The average Bonchev–Trinajstić information content (AvgIpc) is 2.03. The summed E-state index contributed by atoms with van der Waals surface area (Å²) in [5.41, 5.74) is 0. The summed E-state index contributed by atoms with van der Waals surface area (Å²) in [4.78, 5) is 0. The molecule has 0 aromatic heterocycles. The highest BCUT2D eigenvalue weighted by molar-refractivity contribution is 4.71. The lowest BCUT2D eigenvalue weighted by molar-refractivity contribution is 0.266. The van der Waals surface area contributed by atoms with Gasteiger partial charge in [0, 0.05) is 6.04 Å². The summed E-state index contributed by atoms with van der Waals surface area (Å²) < 4.78 is 0. The van der Waals surface area contributed by atoms with Gasteiger partial charge in [-0.1, -0.05) is 34.6 Å². The van der Waals surface area contributed by atoms with Crippen molar-refractivity contribution in [3.8, 4) is 0 Å². The fraction of sp³-hybridized carbons (Fsp3) is 1.00. The zero-order chi connectivity index (χ0) is 10.4. The van der Waals surface area contributed by atoms with Crippen molar-refractivity contribution in [1.82, 2.24) is 5.32 Å². The molecule has 0 aliphatic heterocycles. The van der Waals surface area contributed by atoms with Crippen LogP contribution in [-0.2, 0) is 0 Å². The molecule has 0 bridgehead atoms. The molecule has 1 nitrogen and oxygen atoms in total. The topological polar surface area (TPSA) is 12.0 Å². The van der Waals surface area contributed by atoms with Crippen molar-refractivity contribution in [3.05, 3.63) is 0 Å². The van der Waals surface area contributed by atoms with Gasteiger partial charge in [0.05, 0.1) is 0 Å². The molecule has 0 saturated heterocycles. The van der Waals surface area contributed by atoms with Crippen LogP contribution in [-0.4, -0.2) is 12.6 Å². The molecule has 1 N–H and O–H groups in total. The maximum absolute atomic E-state index is 3.60. The van der Waals surface area contributed by atoms with E-state index >= 15 is 0 Å². The maximum Gasteiger partial charge on any atom is 0.00362 e. The Labute approximate surface area is 84.3 Å². The van der Waals surface area contributed by atoms with Gasteiger partial charge in [-0.15, -0.1) is 0 Å². The third-order valence-electron chi connectivity index (χ3n) is 3.03. The van der Waals surface area contributed by atoms with Gasteiger partial charge >= 0.3 is 0 Å². The first kappa shape index (κ1) is 13.0. The van der Waals surface area contributed by atoms with Crippen molar-refractivity contribution in [2.24, 2.45) is 17.8 Å². The molecule has 0 aliphatic rings. The van der Waals surface area contributed by atoms with E-state index in [1.165, 1.54) is 13.0 Å². The zero-order valence-electron chi connectivity index (χ0n) is 10.2. The van der Waals surface area contributed by atoms with Crippen LogP contribution in [0.5, 0.6) is 0 Å². The highest BCUT2D eigenvalue weighted by atomic mass is 14.9. The number of rotatable bonds is 6. The summed E-state index contributed by atoms with van der Waals surface area (Å²) >= 11 is 0. The Morgan fingerprint density at radius 1 is 0.923 bits per heavy atom. The van der Waals surface area contributed by atoms with E-state index in [0.29, 0.717) is 6.04 Å². The predicted molar refractivity (Wildman–Crippen MR) is 60.9 cm³/mol. The molecule has 0 rings (SSSR count). The first-order valence-electron chi connectivity index (χ1n) is 5.72. The molecule has 0 aromatic rings. The molecule has 13 heavy (non-hydrogen) atoms. The molecule has 0 amide bonds. The standard InChI is InChI=1S/C12H27N/c1-7-11(6)13-8-12(9(2)3)10(4)5/h9-13H,7-8H2,1-6H3. The minimum Gasteiger partial charge on any atom is -0.314 e. The van der Waals surface area contributed by atoms with Crippen LogP contribution in [0.3, 0.4) is 0 Å². The van der Waals surface area contributed by atoms with Crippen LogP contribution in [0.4, 0.5) is 0 Å². The molecule has 80 valence electrons. The van der Waals surface area contributed by atoms with Crippen molar-refractivity contribution >= 4 is 0 Å². The van der Waals surface area contributed by atoms with E-state index in [4.69, 9.17) is 0 Å². The van der Waals surface area contributed by atoms with Crippen LogP contribution in [0, 0.1) is 17.8 Å². The van der Waals surface area contributed by atoms with Gasteiger partial charge in [-0.3, -0.25) is 0 Å². The van der Waals surface area contributed by atoms with Gasteiger partial charge in [-0.2, -0.15) is 0 Å². The Hall–Kier alpha value is -0.0400. The minimum atomic E-state index is 0.667. The Bertz CT molecular complexity index is 110. The summed E-state index contributed by atoms with van der Waals surface area (Å²) in [6.07, 6.45) is 1.23. The Morgan fingerprint density at radius 3 is 1.69 bits per heavy atom. The van der Waals surface area contributed by atoms with Gasteiger partial charge in [0.25, 0.3) is 0 Å². The third-order valence-corrected chi connectivity index (χ3v) is 3.03. The van der Waals surface area contributed by atoms with Crippen LogP contribution < -0.4 is 5.32 Å². The van der Waals surface area contributed by atoms with E-state index in [0.717, 1.165) is 17.8 Å². The van der Waals surface area contributed by atoms with Crippen LogP contribution >= 0.6 is 0 Å². The highest BCUT2D eigenvalue weighted by Crippen LogP contribution is 2.19. The monoisotopic (exact) mass is 185 g/mol. The molecular formula is C12H27N. The smallest absolute Gasteiger partial charge is 0.00362 e. The van der Waals surface area contributed by atoms with Crippen LogP contribution in [0.2, 0.25) is 0 Å². The van der Waals surface area contributed by atoms with Crippen molar-refractivity contribution in [2.45, 2.75) is 54.0 Å². The summed E-state index contributed by atoms with van der Waals surface area (Å²) in [6.45, 7) is 15.0. The van der Waals surface area contributed by atoms with Gasteiger partial charge in [0.15, 0.2) is 0 Å². The van der Waals surface area contributed by atoms with Crippen molar-refractivity contribution in [3.63, 3.8) is 0 Å². The predicted octanol–water partition coefficient (Wildman–Crippen LogP) is 3.30. The van der Waals surface area contributed by atoms with Crippen molar-refractivity contribution < 1.29 is 0 Å². The highest BCUT2D eigenvalue weighted by Gasteiger charge is 2.17. The maximum atomic E-state index is 3.60. The second kappa shape index (κ2) is 6.42. The number of hydrogen-bond acceptors (Lipinski definition) is 1. The van der Waals surface area contributed by atoms with Crippen LogP contribution in [0.25, 0.3) is 0 Å². The molecule has 1 heteroatoms. The molecule has 0 fully saturated rings. The lowest BCUT2D eigenvalue weighted by atomic mass is 9.85. The molecule has 0 heterocycles. The molecule has 0 aromatic carbocycles. The van der Waals surface area contributed by atoms with Crippen molar-refractivity contribution in [1.29, 1.82) is 0 Å². The fourth-order valence-electron chi connectivity index (χ4n) is 1.72. The second-order valence-corrected chi connectivity index (χ2v) is 4.87. The Morgan fingerprint density at radius 2 is 1.38 bits per heavy atom. The number of nitrogens with one attached hydrogen (secondary N) is 1. The summed E-state index contributed by atoms with van der Waals surface area (Å²) in [6, 6.07) is 0.667. The molecule has 0 spiro atoms. The third kappa shape index (κ3) is 5.30. The van der Waals surface area contributed by atoms with E-state index < -0.39 is 0 Å². The van der Waals surface area contributed by atoms with Gasteiger partial charge in [0.2, 0.25) is 0 Å². The first-order chi connectivity index (χ1) is 5.99. The fourth-order valence-corrected chi connectivity index (χ4v) is 1.72. The average molecular weight is 185 g/mol. The van der Waals surface area contributed by atoms with Gasteiger partial charge in [-0.05, 0) is 37.6 Å². The molecule has 0 radical (unpaired) electrons. The molecular weight excluding hydrogens is 158 g/mol. The van der Waals surface area contributed by atoms with Gasteiger partial charge in [0.1, 0.15) is 0 Å². The van der Waals surface area contributed by atoms with E-state index in [1.54, 1.807) is 0 Å². The molecule has 0 saturated carbocycles. The van der Waals surface area contributed by atoms with E-state index in [2.05, 4.69) is 46.9 Å². The lowest BCUT2D eigenvalue weighted by Crippen LogP contribution is -2.34. The first-order valence-corrected chi connectivity index (χ1v) is 5.72. The van der Waals surface area contributed by atoms with Crippen molar-refractivity contribution in [2.75, 3.05) is 6.54 Å². The normalized spacial score (nSPS) is 14.5. The molecule has 1 atom stereocenters. The van der Waals surface area contributed by atoms with Crippen LogP contribution in [0.15, 0.2) is 0 Å². The molecule has 0 aliphatic carbocycles.